The van der Waals surface area contributed by atoms with Gasteiger partial charge < -0.3 is 15.0 Å². The minimum Gasteiger partial charge on any atom is -0.379 e. The lowest BCUT2D eigenvalue weighted by atomic mass is 10.2. The molecule has 1 N–H and O–H groups in total. The Morgan fingerprint density at radius 3 is 2.85 bits per heavy atom. The number of rotatable bonds is 5. The summed E-state index contributed by atoms with van der Waals surface area (Å²) in [6.45, 7) is 5.45. The summed E-state index contributed by atoms with van der Waals surface area (Å²) in [5.41, 5.74) is 0.322. The second kappa shape index (κ2) is 6.00. The average Bonchev–Trinajstić information content (AvgIpc) is 2.90. The van der Waals surface area contributed by atoms with Crippen LogP contribution in [0.2, 0.25) is 0 Å². The number of nitrogens with zero attached hydrogens (tertiary/aromatic N) is 4. The van der Waals surface area contributed by atoms with E-state index in [4.69, 9.17) is 4.74 Å². The Morgan fingerprint density at radius 1 is 1.55 bits per heavy atom. The molecule has 8 nitrogen and oxygen atoms in total. The lowest BCUT2D eigenvalue weighted by Gasteiger charge is -2.24. The van der Waals surface area contributed by atoms with Gasteiger partial charge in [0.1, 0.15) is 5.69 Å². The quantitative estimate of drug-likeness (QED) is 0.643. The van der Waals surface area contributed by atoms with Crippen molar-refractivity contribution in [2.24, 2.45) is 0 Å². The van der Waals surface area contributed by atoms with Crippen molar-refractivity contribution in [3.05, 3.63) is 15.8 Å². The Balaban J connectivity index is 2.43. The summed E-state index contributed by atoms with van der Waals surface area (Å²) in [5, 5.41) is 14.3. The fraction of sp³-hybridized carbons (Fsp3) is 0.667. The van der Waals surface area contributed by atoms with Crippen molar-refractivity contribution >= 4 is 17.5 Å². The van der Waals surface area contributed by atoms with Crippen LogP contribution in [0.25, 0.3) is 0 Å². The highest BCUT2D eigenvalue weighted by Gasteiger charge is 2.30. The van der Waals surface area contributed by atoms with Crippen LogP contribution < -0.4 is 10.2 Å². The molecule has 1 atom stereocenters. The van der Waals surface area contributed by atoms with Crippen LogP contribution in [0.1, 0.15) is 19.0 Å². The summed E-state index contributed by atoms with van der Waals surface area (Å²) in [4.78, 5) is 21.1. The molecule has 1 fully saturated rings. The molecule has 0 bridgehead atoms. The Hall–Kier alpha value is -1.96. The van der Waals surface area contributed by atoms with Gasteiger partial charge in [0.2, 0.25) is 11.8 Å². The van der Waals surface area contributed by atoms with Crippen LogP contribution in [0.3, 0.4) is 0 Å². The van der Waals surface area contributed by atoms with Crippen LogP contribution in [0, 0.1) is 17.0 Å². The van der Waals surface area contributed by atoms with E-state index in [1.54, 1.807) is 6.92 Å². The van der Waals surface area contributed by atoms with E-state index < -0.39 is 4.92 Å². The van der Waals surface area contributed by atoms with Gasteiger partial charge in [-0.25, -0.2) is 4.98 Å². The molecule has 1 aromatic heterocycles. The van der Waals surface area contributed by atoms with Crippen molar-refractivity contribution in [1.29, 1.82) is 0 Å². The van der Waals surface area contributed by atoms with Crippen LogP contribution in [0.15, 0.2) is 0 Å². The number of aromatic nitrogens is 2. The van der Waals surface area contributed by atoms with E-state index in [-0.39, 0.29) is 11.7 Å². The van der Waals surface area contributed by atoms with Gasteiger partial charge in [-0.05, 0) is 20.3 Å². The average molecular weight is 281 g/mol. The second-order valence-corrected chi connectivity index (χ2v) is 4.72. The molecule has 1 aliphatic rings. The molecule has 2 heterocycles. The number of aryl methyl sites for hydroxylation is 1. The molecule has 1 aromatic rings. The third kappa shape index (κ3) is 2.79. The summed E-state index contributed by atoms with van der Waals surface area (Å²) in [5.74, 6) is 0.755. The molecule has 1 unspecified atom stereocenters. The number of nitro groups is 1. The second-order valence-electron chi connectivity index (χ2n) is 4.72. The van der Waals surface area contributed by atoms with E-state index in [0.29, 0.717) is 37.2 Å². The summed E-state index contributed by atoms with van der Waals surface area (Å²) >= 11 is 0. The first-order chi connectivity index (χ1) is 9.54. The van der Waals surface area contributed by atoms with Crippen molar-refractivity contribution in [2.45, 2.75) is 26.3 Å². The van der Waals surface area contributed by atoms with E-state index in [1.165, 1.54) is 0 Å². The maximum Gasteiger partial charge on any atom is 0.332 e. The maximum atomic E-state index is 11.3. The van der Waals surface area contributed by atoms with Gasteiger partial charge in [-0.3, -0.25) is 10.1 Å². The highest BCUT2D eigenvalue weighted by Crippen LogP contribution is 2.31. The van der Waals surface area contributed by atoms with Crippen LogP contribution >= 0.6 is 0 Å². The number of likely N-dealkylation sites (N-methyl/N-ethyl adjacent to an activating group) is 1. The first-order valence-electron chi connectivity index (χ1n) is 6.62. The van der Waals surface area contributed by atoms with E-state index >= 15 is 0 Å². The smallest absolute Gasteiger partial charge is 0.332 e. The molecule has 0 radical (unpaired) electrons. The van der Waals surface area contributed by atoms with Gasteiger partial charge in [0.25, 0.3) is 0 Å². The molecule has 20 heavy (non-hydrogen) atoms. The van der Waals surface area contributed by atoms with Gasteiger partial charge in [-0.2, -0.15) is 4.98 Å². The van der Waals surface area contributed by atoms with Gasteiger partial charge >= 0.3 is 5.69 Å². The lowest BCUT2D eigenvalue weighted by Crippen LogP contribution is -2.33. The fourth-order valence-electron chi connectivity index (χ4n) is 2.25. The number of ether oxygens (including phenoxy) is 1. The normalized spacial score (nSPS) is 18.1. The summed E-state index contributed by atoms with van der Waals surface area (Å²) in [6.07, 6.45) is 0.841. The Morgan fingerprint density at radius 2 is 2.30 bits per heavy atom. The summed E-state index contributed by atoms with van der Waals surface area (Å²) < 4.78 is 5.34. The number of hydrogen-bond acceptors (Lipinski definition) is 7. The molecule has 1 aliphatic heterocycles. The van der Waals surface area contributed by atoms with Crippen molar-refractivity contribution in [3.63, 3.8) is 0 Å². The molecular formula is C12H19N5O3. The largest absolute Gasteiger partial charge is 0.379 e. The van der Waals surface area contributed by atoms with E-state index in [9.17, 15) is 10.1 Å². The van der Waals surface area contributed by atoms with Gasteiger partial charge in [0.15, 0.2) is 0 Å². The molecule has 0 aromatic carbocycles. The van der Waals surface area contributed by atoms with Gasteiger partial charge in [0.05, 0.1) is 17.6 Å². The van der Waals surface area contributed by atoms with Gasteiger partial charge in [-0.1, -0.05) is 0 Å². The van der Waals surface area contributed by atoms with E-state index in [1.807, 2.05) is 18.9 Å². The van der Waals surface area contributed by atoms with Gasteiger partial charge in [-0.15, -0.1) is 0 Å². The Kier molecular flexibility index (Phi) is 4.33. The first kappa shape index (κ1) is 14.4. The molecule has 2 rings (SSSR count). The molecule has 0 amide bonds. The zero-order valence-corrected chi connectivity index (χ0v) is 11.9. The van der Waals surface area contributed by atoms with E-state index in [0.717, 1.165) is 6.42 Å². The molecular weight excluding hydrogens is 262 g/mol. The SMILES string of the molecule is CCNc1nc(C)c([N+](=O)[O-])c(N(C)C2CCOC2)n1. The molecule has 8 heteroatoms. The molecule has 0 aliphatic carbocycles. The van der Waals surface area contributed by atoms with Crippen molar-refractivity contribution < 1.29 is 9.66 Å². The molecule has 0 saturated carbocycles. The molecule has 110 valence electrons. The van der Waals surface area contributed by atoms with Crippen LogP contribution in [-0.4, -0.2) is 47.7 Å². The third-order valence-electron chi connectivity index (χ3n) is 3.34. The first-order valence-corrected chi connectivity index (χ1v) is 6.62. The standard InChI is InChI=1S/C12H19N5O3/c1-4-13-12-14-8(2)10(17(18)19)11(15-12)16(3)9-5-6-20-7-9/h9H,4-7H2,1-3H3,(H,13,14,15). The van der Waals surface area contributed by atoms with Crippen molar-refractivity contribution in [1.82, 2.24) is 9.97 Å². The Bertz CT molecular complexity index is 502. The third-order valence-corrected chi connectivity index (χ3v) is 3.34. The fourth-order valence-corrected chi connectivity index (χ4v) is 2.25. The minimum atomic E-state index is -0.424. The maximum absolute atomic E-state index is 11.3. The number of hydrogen-bond donors (Lipinski definition) is 1. The van der Waals surface area contributed by atoms with Crippen LogP contribution in [0.4, 0.5) is 17.5 Å². The Labute approximate surface area is 117 Å². The highest BCUT2D eigenvalue weighted by atomic mass is 16.6. The zero-order valence-electron chi connectivity index (χ0n) is 11.9. The van der Waals surface area contributed by atoms with Crippen LogP contribution in [-0.2, 0) is 4.74 Å². The highest BCUT2D eigenvalue weighted by molar-refractivity contribution is 5.62. The topological polar surface area (TPSA) is 93.4 Å². The number of nitrogens with one attached hydrogen (secondary N) is 1. The predicted octanol–water partition coefficient (Wildman–Crippen LogP) is 1.35. The van der Waals surface area contributed by atoms with Crippen molar-refractivity contribution in [2.75, 3.05) is 37.0 Å². The summed E-state index contributed by atoms with van der Waals surface area (Å²) in [6, 6.07) is 0.109. The predicted molar refractivity (Wildman–Crippen MR) is 75.2 cm³/mol. The minimum absolute atomic E-state index is 0.0407. The molecule has 0 spiro atoms. The van der Waals surface area contributed by atoms with Crippen LogP contribution in [0.5, 0.6) is 0 Å². The van der Waals surface area contributed by atoms with Gasteiger partial charge in [0, 0.05) is 20.2 Å². The summed E-state index contributed by atoms with van der Waals surface area (Å²) in [7, 11) is 1.81. The zero-order chi connectivity index (χ0) is 14.7. The van der Waals surface area contributed by atoms with E-state index in [2.05, 4.69) is 15.3 Å². The van der Waals surface area contributed by atoms with Crippen molar-refractivity contribution in [3.8, 4) is 0 Å². The monoisotopic (exact) mass is 281 g/mol. The molecule has 1 saturated heterocycles. The lowest BCUT2D eigenvalue weighted by molar-refractivity contribution is -0.385. The number of anilines is 2.